The molecule has 0 aromatic carbocycles. The van der Waals surface area contributed by atoms with Crippen LogP contribution in [0.4, 0.5) is 4.79 Å². The van der Waals surface area contributed by atoms with Gasteiger partial charge < -0.3 is 15.7 Å². The molecule has 2 aliphatic carbocycles. The van der Waals surface area contributed by atoms with Crippen LogP contribution < -0.4 is 10.6 Å². The first-order valence-electron chi connectivity index (χ1n) is 7.33. The molecule has 2 rings (SSSR count). The molecule has 1 unspecified atom stereocenters. The minimum Gasteiger partial charge on any atom is -0.481 e. The molecule has 0 saturated heterocycles. The maximum Gasteiger partial charge on any atom is 0.315 e. The summed E-state index contributed by atoms with van der Waals surface area (Å²) in [7, 11) is 0. The number of rotatable bonds is 7. The van der Waals surface area contributed by atoms with E-state index in [1.807, 2.05) is 0 Å². The lowest BCUT2D eigenvalue weighted by Crippen LogP contribution is -2.58. The summed E-state index contributed by atoms with van der Waals surface area (Å²) in [6.07, 6.45) is 7.10. The zero-order chi connectivity index (χ0) is 13.9. The average Bonchev–Trinajstić information content (AvgIpc) is 3.08. The van der Waals surface area contributed by atoms with E-state index in [-0.39, 0.29) is 18.5 Å². The summed E-state index contributed by atoms with van der Waals surface area (Å²) < 4.78 is 0. The Hall–Kier alpha value is -1.26. The van der Waals surface area contributed by atoms with Crippen molar-refractivity contribution in [1.82, 2.24) is 10.6 Å². The van der Waals surface area contributed by atoms with Gasteiger partial charge in [-0.1, -0.05) is 19.8 Å². The predicted octanol–water partition coefficient (Wildman–Crippen LogP) is 2.26. The summed E-state index contributed by atoms with van der Waals surface area (Å²) in [5.41, 5.74) is -0.506. The number of carboxylic acids is 1. The minimum absolute atomic E-state index is 0.0276. The molecule has 0 heterocycles. The molecule has 0 bridgehead atoms. The van der Waals surface area contributed by atoms with E-state index < -0.39 is 11.5 Å². The number of carbonyl (C=O) groups excluding carboxylic acids is 1. The zero-order valence-corrected chi connectivity index (χ0v) is 11.6. The SMILES string of the molecule is CCC(CC1CC1)NC(=O)NC1(CC(=O)O)CCC1. The lowest BCUT2D eigenvalue weighted by atomic mass is 9.74. The summed E-state index contributed by atoms with van der Waals surface area (Å²) in [5.74, 6) is -0.0630. The van der Waals surface area contributed by atoms with E-state index in [9.17, 15) is 9.59 Å². The highest BCUT2D eigenvalue weighted by Crippen LogP contribution is 2.35. The first-order valence-corrected chi connectivity index (χ1v) is 7.33. The molecule has 0 spiro atoms. The molecule has 0 radical (unpaired) electrons. The lowest BCUT2D eigenvalue weighted by Gasteiger charge is -2.41. The van der Waals surface area contributed by atoms with Gasteiger partial charge in [0.25, 0.3) is 0 Å². The molecule has 19 heavy (non-hydrogen) atoms. The van der Waals surface area contributed by atoms with Crippen LogP contribution in [-0.4, -0.2) is 28.7 Å². The number of carboxylic acid groups (broad SMARTS) is 1. The van der Waals surface area contributed by atoms with Gasteiger partial charge in [0, 0.05) is 6.04 Å². The molecule has 0 aliphatic heterocycles. The molecule has 3 N–H and O–H groups in total. The molecule has 2 saturated carbocycles. The third kappa shape index (κ3) is 4.11. The van der Waals surface area contributed by atoms with Gasteiger partial charge in [0.15, 0.2) is 0 Å². The van der Waals surface area contributed by atoms with Crippen molar-refractivity contribution in [3.05, 3.63) is 0 Å². The second-order valence-electron chi connectivity index (χ2n) is 6.09. The number of urea groups is 1. The van der Waals surface area contributed by atoms with Gasteiger partial charge in [-0.2, -0.15) is 0 Å². The Balaban J connectivity index is 1.79. The number of hydrogen-bond donors (Lipinski definition) is 3. The standard InChI is InChI=1S/C14H24N2O3/c1-2-11(8-10-4-5-10)15-13(19)16-14(6-3-7-14)9-12(17)18/h10-11H,2-9H2,1H3,(H,17,18)(H2,15,16,19). The minimum atomic E-state index is -0.843. The third-order valence-electron chi connectivity index (χ3n) is 4.32. The van der Waals surface area contributed by atoms with E-state index in [1.54, 1.807) is 0 Å². The number of amides is 2. The van der Waals surface area contributed by atoms with Gasteiger partial charge in [0.2, 0.25) is 0 Å². The maximum atomic E-state index is 12.0. The smallest absolute Gasteiger partial charge is 0.315 e. The van der Waals surface area contributed by atoms with Crippen LogP contribution in [0.15, 0.2) is 0 Å². The predicted molar refractivity (Wildman–Crippen MR) is 71.9 cm³/mol. The Bertz CT molecular complexity index is 349. The normalized spacial score (nSPS) is 22.2. The fourth-order valence-electron chi connectivity index (χ4n) is 2.78. The quantitative estimate of drug-likeness (QED) is 0.662. The van der Waals surface area contributed by atoms with Gasteiger partial charge in [0.1, 0.15) is 0 Å². The van der Waals surface area contributed by atoms with Crippen LogP contribution >= 0.6 is 0 Å². The van der Waals surface area contributed by atoms with Crippen molar-refractivity contribution in [3.63, 3.8) is 0 Å². The summed E-state index contributed by atoms with van der Waals surface area (Å²) in [6.45, 7) is 2.07. The van der Waals surface area contributed by atoms with Gasteiger partial charge in [-0.25, -0.2) is 4.79 Å². The third-order valence-corrected chi connectivity index (χ3v) is 4.32. The Morgan fingerprint density at radius 1 is 1.37 bits per heavy atom. The molecular weight excluding hydrogens is 244 g/mol. The van der Waals surface area contributed by atoms with Gasteiger partial charge in [-0.05, 0) is 38.0 Å². The van der Waals surface area contributed by atoms with Crippen LogP contribution in [0.1, 0.15) is 58.3 Å². The van der Waals surface area contributed by atoms with Crippen molar-refractivity contribution in [2.75, 3.05) is 0 Å². The maximum absolute atomic E-state index is 12.0. The fraction of sp³-hybridized carbons (Fsp3) is 0.857. The number of hydrogen-bond acceptors (Lipinski definition) is 2. The van der Waals surface area contributed by atoms with E-state index in [1.165, 1.54) is 12.8 Å². The lowest BCUT2D eigenvalue weighted by molar-refractivity contribution is -0.139. The second kappa shape index (κ2) is 5.80. The van der Waals surface area contributed by atoms with Crippen LogP contribution in [0, 0.1) is 5.92 Å². The van der Waals surface area contributed by atoms with E-state index in [4.69, 9.17) is 5.11 Å². The second-order valence-corrected chi connectivity index (χ2v) is 6.09. The van der Waals surface area contributed by atoms with Crippen LogP contribution in [-0.2, 0) is 4.79 Å². The van der Waals surface area contributed by atoms with Crippen LogP contribution in [0.2, 0.25) is 0 Å². The molecular formula is C14H24N2O3. The molecule has 1 atom stereocenters. The summed E-state index contributed by atoms with van der Waals surface area (Å²) >= 11 is 0. The van der Waals surface area contributed by atoms with Crippen LogP contribution in [0.25, 0.3) is 0 Å². The first kappa shape index (κ1) is 14.2. The molecule has 5 heteroatoms. The van der Waals surface area contributed by atoms with Gasteiger partial charge in [-0.15, -0.1) is 0 Å². The van der Waals surface area contributed by atoms with Crippen molar-refractivity contribution < 1.29 is 14.7 Å². The van der Waals surface area contributed by atoms with Crippen molar-refractivity contribution in [1.29, 1.82) is 0 Å². The summed E-state index contributed by atoms with van der Waals surface area (Å²) in [5, 5.41) is 14.8. The Morgan fingerprint density at radius 2 is 2.05 bits per heavy atom. The number of aliphatic carboxylic acids is 1. The first-order chi connectivity index (χ1) is 9.03. The Kier molecular flexibility index (Phi) is 4.32. The zero-order valence-electron chi connectivity index (χ0n) is 11.6. The van der Waals surface area contributed by atoms with Crippen LogP contribution in [0.3, 0.4) is 0 Å². The van der Waals surface area contributed by atoms with E-state index in [0.717, 1.165) is 38.0 Å². The molecule has 2 fully saturated rings. The monoisotopic (exact) mass is 268 g/mol. The number of nitrogens with one attached hydrogen (secondary N) is 2. The molecule has 2 amide bonds. The number of carbonyl (C=O) groups is 2. The van der Waals surface area contributed by atoms with Gasteiger partial charge in [-0.3, -0.25) is 4.79 Å². The van der Waals surface area contributed by atoms with Crippen molar-refractivity contribution >= 4 is 12.0 Å². The molecule has 5 nitrogen and oxygen atoms in total. The largest absolute Gasteiger partial charge is 0.481 e. The van der Waals surface area contributed by atoms with Crippen LogP contribution in [0.5, 0.6) is 0 Å². The summed E-state index contributed by atoms with van der Waals surface area (Å²) in [6, 6.07) is 0.0166. The Labute approximate surface area is 114 Å². The van der Waals surface area contributed by atoms with Crippen molar-refractivity contribution in [3.8, 4) is 0 Å². The van der Waals surface area contributed by atoms with E-state index in [2.05, 4.69) is 17.6 Å². The highest BCUT2D eigenvalue weighted by Gasteiger charge is 2.40. The highest BCUT2D eigenvalue weighted by atomic mass is 16.4. The van der Waals surface area contributed by atoms with E-state index >= 15 is 0 Å². The van der Waals surface area contributed by atoms with Gasteiger partial charge >= 0.3 is 12.0 Å². The molecule has 0 aromatic rings. The molecule has 2 aliphatic rings. The highest BCUT2D eigenvalue weighted by molar-refractivity contribution is 5.77. The van der Waals surface area contributed by atoms with E-state index in [0.29, 0.717) is 0 Å². The molecule has 108 valence electrons. The van der Waals surface area contributed by atoms with Gasteiger partial charge in [0.05, 0.1) is 12.0 Å². The topological polar surface area (TPSA) is 78.4 Å². The Morgan fingerprint density at radius 3 is 2.47 bits per heavy atom. The summed E-state index contributed by atoms with van der Waals surface area (Å²) in [4.78, 5) is 22.8. The molecule has 0 aromatic heterocycles. The average molecular weight is 268 g/mol. The van der Waals surface area contributed by atoms with Crippen molar-refractivity contribution in [2.24, 2.45) is 5.92 Å². The van der Waals surface area contributed by atoms with Crippen molar-refractivity contribution in [2.45, 2.75) is 69.9 Å². The fourth-order valence-corrected chi connectivity index (χ4v) is 2.78.